The van der Waals surface area contributed by atoms with Crippen LogP contribution in [0.4, 0.5) is 0 Å². The molecule has 1 atom stereocenters. The van der Waals surface area contributed by atoms with Gasteiger partial charge in [-0.15, -0.1) is 0 Å². The lowest BCUT2D eigenvalue weighted by molar-refractivity contribution is 0.381. The minimum Gasteiger partial charge on any atom is -0.329 e. The molecule has 0 heterocycles. The van der Waals surface area contributed by atoms with Gasteiger partial charge < -0.3 is 11.5 Å². The summed E-state index contributed by atoms with van der Waals surface area (Å²) in [6.45, 7) is 5.03. The quantitative estimate of drug-likeness (QED) is 0.797. The lowest BCUT2D eigenvalue weighted by Gasteiger charge is -2.34. The highest BCUT2D eigenvalue weighted by atomic mass is 14.8. The lowest BCUT2D eigenvalue weighted by atomic mass is 9.77. The summed E-state index contributed by atoms with van der Waals surface area (Å²) in [7, 11) is 0. The van der Waals surface area contributed by atoms with E-state index in [1.54, 1.807) is 0 Å². The number of nitrogens with two attached hydrogens (primary N) is 2. The second-order valence-corrected chi connectivity index (χ2v) is 5.43. The molecule has 1 aliphatic carbocycles. The molecule has 2 heteroatoms. The van der Waals surface area contributed by atoms with Crippen LogP contribution < -0.4 is 11.5 Å². The summed E-state index contributed by atoms with van der Waals surface area (Å²) in [6, 6.07) is 6.83. The molecule has 0 saturated heterocycles. The molecule has 1 aliphatic rings. The molecule has 1 aromatic carbocycles. The highest BCUT2D eigenvalue weighted by Crippen LogP contribution is 2.29. The maximum atomic E-state index is 6.27. The summed E-state index contributed by atoms with van der Waals surface area (Å²) >= 11 is 0. The van der Waals surface area contributed by atoms with Crippen LogP contribution in [-0.4, -0.2) is 12.1 Å². The fraction of sp³-hybridized carbons (Fsp3) is 0.571. The molecule has 1 unspecified atom stereocenters. The first-order chi connectivity index (χ1) is 7.54. The van der Waals surface area contributed by atoms with E-state index in [4.69, 9.17) is 11.5 Å². The molecular formula is C14H22N2. The van der Waals surface area contributed by atoms with Gasteiger partial charge >= 0.3 is 0 Å². The van der Waals surface area contributed by atoms with Crippen LogP contribution in [0.25, 0.3) is 0 Å². The Hall–Kier alpha value is -0.860. The smallest absolute Gasteiger partial charge is 0.0322 e. The summed E-state index contributed by atoms with van der Waals surface area (Å²) in [6.07, 6.45) is 3.01. The van der Waals surface area contributed by atoms with Crippen molar-refractivity contribution in [1.29, 1.82) is 0 Å². The standard InChI is InChI=1S/C14H22N2/c1-10(2)12-4-3-11-5-6-14(16,9-15)8-13(11)7-12/h3-4,7,10H,5-6,8-9,15-16H2,1-2H3. The molecule has 16 heavy (non-hydrogen) atoms. The van der Waals surface area contributed by atoms with Gasteiger partial charge in [-0.25, -0.2) is 0 Å². The van der Waals surface area contributed by atoms with Crippen molar-refractivity contribution in [2.45, 2.75) is 44.6 Å². The minimum absolute atomic E-state index is 0.178. The second kappa shape index (κ2) is 4.19. The third-order valence-corrected chi connectivity index (χ3v) is 3.74. The molecule has 0 fully saturated rings. The highest BCUT2D eigenvalue weighted by molar-refractivity contribution is 5.37. The SMILES string of the molecule is CC(C)c1ccc2c(c1)CC(N)(CN)CC2. The molecule has 0 bridgehead atoms. The predicted octanol–water partition coefficient (Wildman–Crippen LogP) is 1.95. The van der Waals surface area contributed by atoms with Crippen LogP contribution >= 0.6 is 0 Å². The third-order valence-electron chi connectivity index (χ3n) is 3.74. The molecule has 1 aromatic rings. The van der Waals surface area contributed by atoms with E-state index in [1.165, 1.54) is 16.7 Å². The zero-order valence-electron chi connectivity index (χ0n) is 10.3. The van der Waals surface area contributed by atoms with Gasteiger partial charge in [0.1, 0.15) is 0 Å². The van der Waals surface area contributed by atoms with Crippen molar-refractivity contribution in [1.82, 2.24) is 0 Å². The van der Waals surface area contributed by atoms with Crippen LogP contribution in [0.3, 0.4) is 0 Å². The Labute approximate surface area is 98.0 Å². The Balaban J connectivity index is 2.32. The van der Waals surface area contributed by atoms with Gasteiger partial charge in [-0.3, -0.25) is 0 Å². The Morgan fingerprint density at radius 3 is 2.69 bits per heavy atom. The summed E-state index contributed by atoms with van der Waals surface area (Å²) in [5, 5.41) is 0. The third kappa shape index (κ3) is 2.13. The van der Waals surface area contributed by atoms with Crippen molar-refractivity contribution < 1.29 is 0 Å². The second-order valence-electron chi connectivity index (χ2n) is 5.43. The maximum Gasteiger partial charge on any atom is 0.0322 e. The average Bonchev–Trinajstić information content (AvgIpc) is 2.28. The summed E-state index contributed by atoms with van der Waals surface area (Å²) < 4.78 is 0. The Kier molecular flexibility index (Phi) is 3.04. The molecule has 0 saturated carbocycles. The topological polar surface area (TPSA) is 52.0 Å². The number of hydrogen-bond acceptors (Lipinski definition) is 2. The Bertz CT molecular complexity index is 384. The molecule has 88 valence electrons. The monoisotopic (exact) mass is 218 g/mol. The van der Waals surface area contributed by atoms with Crippen LogP contribution in [0.5, 0.6) is 0 Å². The van der Waals surface area contributed by atoms with E-state index in [0.29, 0.717) is 12.5 Å². The summed E-state index contributed by atoms with van der Waals surface area (Å²) in [5.41, 5.74) is 16.1. The lowest BCUT2D eigenvalue weighted by Crippen LogP contribution is -2.51. The fourth-order valence-corrected chi connectivity index (χ4v) is 2.44. The van der Waals surface area contributed by atoms with Crippen LogP contribution in [-0.2, 0) is 12.8 Å². The van der Waals surface area contributed by atoms with Gasteiger partial charge in [-0.1, -0.05) is 32.0 Å². The molecule has 0 amide bonds. The van der Waals surface area contributed by atoms with Gasteiger partial charge in [-0.05, 0) is 41.9 Å². The Morgan fingerprint density at radius 2 is 2.06 bits per heavy atom. The zero-order chi connectivity index (χ0) is 11.8. The van der Waals surface area contributed by atoms with E-state index in [2.05, 4.69) is 32.0 Å². The van der Waals surface area contributed by atoms with E-state index in [9.17, 15) is 0 Å². The van der Waals surface area contributed by atoms with E-state index in [1.807, 2.05) is 0 Å². The van der Waals surface area contributed by atoms with E-state index < -0.39 is 0 Å². The minimum atomic E-state index is -0.178. The number of rotatable bonds is 2. The molecule has 0 aliphatic heterocycles. The molecule has 0 radical (unpaired) electrons. The predicted molar refractivity (Wildman–Crippen MR) is 68.5 cm³/mol. The van der Waals surface area contributed by atoms with Crippen LogP contribution in [0, 0.1) is 0 Å². The van der Waals surface area contributed by atoms with Crippen molar-refractivity contribution in [3.05, 3.63) is 34.9 Å². The van der Waals surface area contributed by atoms with E-state index in [0.717, 1.165) is 19.3 Å². The first-order valence-corrected chi connectivity index (χ1v) is 6.15. The van der Waals surface area contributed by atoms with Gasteiger partial charge in [0, 0.05) is 12.1 Å². The average molecular weight is 218 g/mol. The molecular weight excluding hydrogens is 196 g/mol. The number of aryl methyl sites for hydroxylation is 1. The normalized spacial score (nSPS) is 24.6. The van der Waals surface area contributed by atoms with Crippen molar-refractivity contribution in [2.24, 2.45) is 11.5 Å². The number of fused-ring (bicyclic) bond motifs is 1. The maximum absolute atomic E-state index is 6.27. The molecule has 2 rings (SSSR count). The van der Waals surface area contributed by atoms with E-state index >= 15 is 0 Å². The van der Waals surface area contributed by atoms with Crippen molar-refractivity contribution >= 4 is 0 Å². The van der Waals surface area contributed by atoms with Gasteiger partial charge in [0.15, 0.2) is 0 Å². The summed E-state index contributed by atoms with van der Waals surface area (Å²) in [5.74, 6) is 0.581. The Morgan fingerprint density at radius 1 is 1.31 bits per heavy atom. The molecule has 0 aromatic heterocycles. The highest BCUT2D eigenvalue weighted by Gasteiger charge is 2.29. The van der Waals surface area contributed by atoms with Crippen molar-refractivity contribution in [3.8, 4) is 0 Å². The number of benzene rings is 1. The fourth-order valence-electron chi connectivity index (χ4n) is 2.44. The van der Waals surface area contributed by atoms with Crippen molar-refractivity contribution in [2.75, 3.05) is 6.54 Å². The first kappa shape index (κ1) is 11.6. The van der Waals surface area contributed by atoms with E-state index in [-0.39, 0.29) is 5.54 Å². The van der Waals surface area contributed by atoms with Crippen LogP contribution in [0.15, 0.2) is 18.2 Å². The first-order valence-electron chi connectivity index (χ1n) is 6.15. The molecule has 2 nitrogen and oxygen atoms in total. The van der Waals surface area contributed by atoms with Gasteiger partial charge in [0.05, 0.1) is 0 Å². The summed E-state index contributed by atoms with van der Waals surface area (Å²) in [4.78, 5) is 0. The van der Waals surface area contributed by atoms with Crippen molar-refractivity contribution in [3.63, 3.8) is 0 Å². The number of hydrogen-bond donors (Lipinski definition) is 2. The van der Waals surface area contributed by atoms with Crippen LogP contribution in [0.2, 0.25) is 0 Å². The molecule has 0 spiro atoms. The van der Waals surface area contributed by atoms with Gasteiger partial charge in [0.25, 0.3) is 0 Å². The van der Waals surface area contributed by atoms with Gasteiger partial charge in [0.2, 0.25) is 0 Å². The zero-order valence-corrected chi connectivity index (χ0v) is 10.3. The molecule has 4 N–H and O–H groups in total. The van der Waals surface area contributed by atoms with Crippen LogP contribution in [0.1, 0.15) is 42.9 Å². The van der Waals surface area contributed by atoms with Gasteiger partial charge in [-0.2, -0.15) is 0 Å². The largest absolute Gasteiger partial charge is 0.329 e.